The second-order valence-corrected chi connectivity index (χ2v) is 5.66. The van der Waals surface area contributed by atoms with Crippen LogP contribution in [0.5, 0.6) is 0 Å². The highest BCUT2D eigenvalue weighted by molar-refractivity contribution is 5.22. The number of fused-ring (bicyclic) bond motifs is 2. The Morgan fingerprint density at radius 3 is 2.76 bits per heavy atom. The van der Waals surface area contributed by atoms with E-state index in [0.717, 1.165) is 17.4 Å². The van der Waals surface area contributed by atoms with Gasteiger partial charge in [0, 0.05) is 6.04 Å². The Kier molecular flexibility index (Phi) is 2.91. The summed E-state index contributed by atoms with van der Waals surface area (Å²) < 4.78 is 13.3. The lowest BCUT2D eigenvalue weighted by Crippen LogP contribution is -2.29. The zero-order chi connectivity index (χ0) is 11.8. The predicted molar refractivity (Wildman–Crippen MR) is 67.1 cm³/mol. The molecule has 2 saturated carbocycles. The van der Waals surface area contributed by atoms with Crippen molar-refractivity contribution < 1.29 is 4.39 Å². The minimum absolute atomic E-state index is 0.120. The molecule has 92 valence electrons. The molecule has 0 radical (unpaired) electrons. The zero-order valence-corrected chi connectivity index (χ0v) is 10.3. The maximum absolute atomic E-state index is 13.3. The van der Waals surface area contributed by atoms with Crippen molar-refractivity contribution in [2.45, 2.75) is 31.7 Å². The summed E-state index contributed by atoms with van der Waals surface area (Å²) in [4.78, 5) is 0. The molecule has 1 N–H and O–H groups in total. The summed E-state index contributed by atoms with van der Waals surface area (Å²) in [7, 11) is 2.00. The summed E-state index contributed by atoms with van der Waals surface area (Å²) in [6.07, 6.45) is 5.52. The van der Waals surface area contributed by atoms with Crippen molar-refractivity contribution in [1.29, 1.82) is 0 Å². The fourth-order valence-electron chi connectivity index (χ4n) is 4.03. The smallest absolute Gasteiger partial charge is 0.123 e. The number of hydrogen-bond acceptors (Lipinski definition) is 1. The molecule has 2 aliphatic rings. The van der Waals surface area contributed by atoms with Crippen LogP contribution in [0.25, 0.3) is 0 Å². The number of halogens is 1. The van der Waals surface area contributed by atoms with Crippen LogP contribution in [-0.2, 0) is 0 Å². The maximum Gasteiger partial charge on any atom is 0.123 e. The molecule has 0 saturated heterocycles. The molecular formula is C15H20FN. The first-order valence-corrected chi connectivity index (χ1v) is 6.70. The van der Waals surface area contributed by atoms with Crippen molar-refractivity contribution in [2.75, 3.05) is 7.05 Å². The Balaban J connectivity index is 1.84. The first kappa shape index (κ1) is 11.2. The second kappa shape index (κ2) is 4.41. The molecule has 2 aliphatic carbocycles. The molecular weight excluding hydrogens is 213 g/mol. The lowest BCUT2D eigenvalue weighted by Gasteiger charge is -2.30. The average molecular weight is 233 g/mol. The molecule has 1 aromatic carbocycles. The van der Waals surface area contributed by atoms with Gasteiger partial charge in [-0.25, -0.2) is 4.39 Å². The van der Waals surface area contributed by atoms with Gasteiger partial charge in [0.15, 0.2) is 0 Å². The van der Waals surface area contributed by atoms with E-state index in [-0.39, 0.29) is 5.82 Å². The molecule has 4 atom stereocenters. The Labute approximate surface area is 102 Å². The molecule has 0 spiro atoms. The molecule has 2 heteroatoms. The topological polar surface area (TPSA) is 12.0 Å². The first-order valence-electron chi connectivity index (χ1n) is 6.70. The quantitative estimate of drug-likeness (QED) is 0.842. The normalized spacial score (nSPS) is 32.9. The minimum atomic E-state index is -0.120. The third-order valence-corrected chi connectivity index (χ3v) is 4.74. The molecule has 17 heavy (non-hydrogen) atoms. The fraction of sp³-hybridized carbons (Fsp3) is 0.600. The van der Waals surface area contributed by atoms with Crippen LogP contribution >= 0.6 is 0 Å². The highest BCUT2D eigenvalue weighted by Gasteiger charge is 2.43. The molecule has 2 bridgehead atoms. The van der Waals surface area contributed by atoms with Gasteiger partial charge in [-0.05, 0) is 61.8 Å². The molecule has 0 aromatic heterocycles. The SMILES string of the molecule is CNC(c1cccc(F)c1)C1CC2CCC1C2. The van der Waals surface area contributed by atoms with Crippen LogP contribution in [0.4, 0.5) is 4.39 Å². The summed E-state index contributed by atoms with van der Waals surface area (Å²) in [6.45, 7) is 0. The van der Waals surface area contributed by atoms with Crippen LogP contribution in [0.3, 0.4) is 0 Å². The van der Waals surface area contributed by atoms with Crippen LogP contribution in [0.1, 0.15) is 37.3 Å². The molecule has 1 nitrogen and oxygen atoms in total. The van der Waals surface area contributed by atoms with Crippen molar-refractivity contribution in [3.63, 3.8) is 0 Å². The van der Waals surface area contributed by atoms with E-state index in [9.17, 15) is 4.39 Å². The zero-order valence-electron chi connectivity index (χ0n) is 10.3. The summed E-state index contributed by atoms with van der Waals surface area (Å²) in [6, 6.07) is 7.42. The highest BCUT2D eigenvalue weighted by Crippen LogP contribution is 2.52. The number of nitrogens with one attached hydrogen (secondary N) is 1. The number of benzene rings is 1. The Morgan fingerprint density at radius 2 is 2.18 bits per heavy atom. The van der Waals surface area contributed by atoms with E-state index < -0.39 is 0 Å². The van der Waals surface area contributed by atoms with Crippen molar-refractivity contribution >= 4 is 0 Å². The van der Waals surface area contributed by atoms with Crippen molar-refractivity contribution in [1.82, 2.24) is 5.32 Å². The van der Waals surface area contributed by atoms with E-state index in [0.29, 0.717) is 12.0 Å². The van der Waals surface area contributed by atoms with Gasteiger partial charge in [-0.3, -0.25) is 0 Å². The first-order chi connectivity index (χ1) is 8.28. The van der Waals surface area contributed by atoms with Gasteiger partial charge in [0.25, 0.3) is 0 Å². The van der Waals surface area contributed by atoms with Crippen LogP contribution in [-0.4, -0.2) is 7.05 Å². The van der Waals surface area contributed by atoms with Gasteiger partial charge in [0.2, 0.25) is 0 Å². The number of rotatable bonds is 3. The van der Waals surface area contributed by atoms with E-state index in [1.807, 2.05) is 13.1 Å². The summed E-state index contributed by atoms with van der Waals surface area (Å²) >= 11 is 0. The molecule has 0 amide bonds. The van der Waals surface area contributed by atoms with Crippen molar-refractivity contribution in [2.24, 2.45) is 17.8 Å². The Morgan fingerprint density at radius 1 is 1.29 bits per heavy atom. The van der Waals surface area contributed by atoms with E-state index in [4.69, 9.17) is 0 Å². The third kappa shape index (κ3) is 1.99. The van der Waals surface area contributed by atoms with E-state index in [1.165, 1.54) is 31.7 Å². The number of hydrogen-bond donors (Lipinski definition) is 1. The molecule has 1 aromatic rings. The Bertz CT molecular complexity index is 404. The van der Waals surface area contributed by atoms with Crippen LogP contribution in [0, 0.1) is 23.6 Å². The standard InChI is InChI=1S/C15H20FN/c1-17-15(12-3-2-4-13(16)9-12)14-8-10-5-6-11(14)7-10/h2-4,9-11,14-15,17H,5-8H2,1H3. The van der Waals surface area contributed by atoms with Gasteiger partial charge in [0.1, 0.15) is 5.82 Å². The molecule has 2 fully saturated rings. The fourth-order valence-corrected chi connectivity index (χ4v) is 4.03. The van der Waals surface area contributed by atoms with Crippen LogP contribution in [0.2, 0.25) is 0 Å². The van der Waals surface area contributed by atoms with Crippen molar-refractivity contribution in [3.05, 3.63) is 35.6 Å². The lowest BCUT2D eigenvalue weighted by atomic mass is 9.80. The van der Waals surface area contributed by atoms with E-state index in [2.05, 4.69) is 11.4 Å². The van der Waals surface area contributed by atoms with Gasteiger partial charge >= 0.3 is 0 Å². The second-order valence-electron chi connectivity index (χ2n) is 5.66. The maximum atomic E-state index is 13.3. The van der Waals surface area contributed by atoms with Gasteiger partial charge < -0.3 is 5.32 Å². The molecule has 0 heterocycles. The third-order valence-electron chi connectivity index (χ3n) is 4.74. The molecule has 4 unspecified atom stereocenters. The average Bonchev–Trinajstić information content (AvgIpc) is 2.92. The van der Waals surface area contributed by atoms with E-state index in [1.54, 1.807) is 6.07 Å². The van der Waals surface area contributed by atoms with E-state index >= 15 is 0 Å². The highest BCUT2D eigenvalue weighted by atomic mass is 19.1. The predicted octanol–water partition coefficient (Wildman–Crippen LogP) is 3.52. The van der Waals surface area contributed by atoms with Crippen LogP contribution in [0.15, 0.2) is 24.3 Å². The summed E-state index contributed by atoms with van der Waals surface area (Å²) in [5.41, 5.74) is 1.12. The molecule has 3 rings (SSSR count). The Hall–Kier alpha value is -0.890. The van der Waals surface area contributed by atoms with Gasteiger partial charge in [0.05, 0.1) is 0 Å². The lowest BCUT2D eigenvalue weighted by molar-refractivity contribution is 0.259. The minimum Gasteiger partial charge on any atom is -0.313 e. The van der Waals surface area contributed by atoms with Gasteiger partial charge in [-0.1, -0.05) is 18.6 Å². The summed E-state index contributed by atoms with van der Waals surface area (Å²) in [5.74, 6) is 2.39. The van der Waals surface area contributed by atoms with Gasteiger partial charge in [-0.15, -0.1) is 0 Å². The molecule has 0 aliphatic heterocycles. The monoisotopic (exact) mass is 233 g/mol. The van der Waals surface area contributed by atoms with Crippen LogP contribution < -0.4 is 5.32 Å². The van der Waals surface area contributed by atoms with Crippen molar-refractivity contribution in [3.8, 4) is 0 Å². The largest absolute Gasteiger partial charge is 0.313 e. The summed E-state index contributed by atoms with van der Waals surface area (Å²) in [5, 5.41) is 3.41. The van der Waals surface area contributed by atoms with Gasteiger partial charge in [-0.2, -0.15) is 0 Å².